The summed E-state index contributed by atoms with van der Waals surface area (Å²) in [7, 11) is 1.36. The highest BCUT2D eigenvalue weighted by Crippen LogP contribution is 2.31. The Bertz CT molecular complexity index is 1150. The molecule has 0 aromatic heterocycles. The van der Waals surface area contributed by atoms with Gasteiger partial charge in [0.25, 0.3) is 11.8 Å². The SMILES string of the molecule is COc1cc(/C=C2/C(=O)NC(=O)N(c3cccc(C)c3C)C2=O)ccc1O[C@H](C)C(=O)[O-]. The van der Waals surface area contributed by atoms with Crippen LogP contribution in [0.15, 0.2) is 42.0 Å². The molecule has 1 atom stereocenters. The molecule has 0 aliphatic carbocycles. The largest absolute Gasteiger partial charge is 0.546 e. The topological polar surface area (TPSA) is 125 Å². The van der Waals surface area contributed by atoms with Crippen molar-refractivity contribution in [2.75, 3.05) is 12.0 Å². The van der Waals surface area contributed by atoms with Gasteiger partial charge in [0.1, 0.15) is 11.7 Å². The van der Waals surface area contributed by atoms with Crippen LogP contribution >= 0.6 is 0 Å². The number of aliphatic carboxylic acids is 1. The standard InChI is InChI=1S/C23H22N2O7/c1-12-6-5-7-17(13(12)2)25-21(27)16(20(26)24-23(25)30)10-15-8-9-18(19(11-15)31-4)32-14(3)22(28)29/h5-11,14H,1-4H3,(H,28,29)(H,24,26,30)/p-1/b16-10-/t14-/m1/s1. The second-order valence-corrected chi connectivity index (χ2v) is 7.17. The average molecular weight is 437 g/mol. The van der Waals surface area contributed by atoms with Crippen molar-refractivity contribution in [1.29, 1.82) is 0 Å². The fourth-order valence-electron chi connectivity index (χ4n) is 3.13. The molecular weight excluding hydrogens is 416 g/mol. The van der Waals surface area contributed by atoms with E-state index >= 15 is 0 Å². The molecule has 1 aliphatic rings. The van der Waals surface area contributed by atoms with Gasteiger partial charge in [0, 0.05) is 0 Å². The highest BCUT2D eigenvalue weighted by molar-refractivity contribution is 6.39. The zero-order chi connectivity index (χ0) is 23.6. The first-order valence-corrected chi connectivity index (χ1v) is 9.67. The molecule has 1 N–H and O–H groups in total. The van der Waals surface area contributed by atoms with Gasteiger partial charge in [0.15, 0.2) is 11.5 Å². The van der Waals surface area contributed by atoms with Crippen molar-refractivity contribution in [2.45, 2.75) is 26.9 Å². The molecule has 32 heavy (non-hydrogen) atoms. The van der Waals surface area contributed by atoms with Crippen LogP contribution in [0.3, 0.4) is 0 Å². The third-order valence-electron chi connectivity index (χ3n) is 5.05. The molecule has 4 amide bonds. The fraction of sp³-hybridized carbons (Fsp3) is 0.217. The summed E-state index contributed by atoms with van der Waals surface area (Å²) in [4.78, 5) is 49.8. The van der Waals surface area contributed by atoms with E-state index in [2.05, 4.69) is 5.32 Å². The van der Waals surface area contributed by atoms with Crippen molar-refractivity contribution in [3.8, 4) is 11.5 Å². The summed E-state index contributed by atoms with van der Waals surface area (Å²) >= 11 is 0. The number of barbiturate groups is 1. The number of nitrogens with one attached hydrogen (secondary N) is 1. The van der Waals surface area contributed by atoms with Gasteiger partial charge in [-0.1, -0.05) is 18.2 Å². The maximum absolute atomic E-state index is 13.1. The first-order chi connectivity index (χ1) is 15.1. The van der Waals surface area contributed by atoms with Gasteiger partial charge < -0.3 is 19.4 Å². The third-order valence-corrected chi connectivity index (χ3v) is 5.05. The minimum absolute atomic E-state index is 0.151. The number of anilines is 1. The first kappa shape index (κ1) is 22.5. The number of hydrogen-bond acceptors (Lipinski definition) is 7. The van der Waals surface area contributed by atoms with Crippen LogP contribution in [0, 0.1) is 13.8 Å². The van der Waals surface area contributed by atoms with Gasteiger partial charge in [-0.15, -0.1) is 0 Å². The number of carboxylic acids is 1. The zero-order valence-electron chi connectivity index (χ0n) is 17.9. The number of ether oxygens (including phenoxy) is 2. The molecule has 0 spiro atoms. The number of rotatable bonds is 6. The van der Waals surface area contributed by atoms with Crippen LogP contribution in [0.2, 0.25) is 0 Å². The number of imide groups is 2. The van der Waals surface area contributed by atoms with E-state index in [9.17, 15) is 24.3 Å². The van der Waals surface area contributed by atoms with E-state index < -0.39 is 29.9 Å². The second-order valence-electron chi connectivity index (χ2n) is 7.17. The quantitative estimate of drug-likeness (QED) is 0.536. The molecule has 9 nitrogen and oxygen atoms in total. The minimum Gasteiger partial charge on any atom is -0.546 e. The van der Waals surface area contributed by atoms with Gasteiger partial charge >= 0.3 is 6.03 Å². The van der Waals surface area contributed by atoms with E-state index in [-0.39, 0.29) is 17.1 Å². The molecule has 0 bridgehead atoms. The number of benzene rings is 2. The number of hydrogen-bond donors (Lipinski definition) is 1. The fourth-order valence-corrected chi connectivity index (χ4v) is 3.13. The second kappa shape index (κ2) is 8.93. The summed E-state index contributed by atoms with van der Waals surface area (Å²) in [6.45, 7) is 4.95. The molecule has 0 unspecified atom stereocenters. The summed E-state index contributed by atoms with van der Waals surface area (Å²) in [5, 5.41) is 13.1. The van der Waals surface area contributed by atoms with Gasteiger partial charge in [0.2, 0.25) is 0 Å². The molecule has 2 aromatic carbocycles. The molecular formula is C23H21N2O7-. The number of nitrogens with zero attached hydrogens (tertiary/aromatic N) is 1. The number of carbonyl (C=O) groups excluding carboxylic acids is 4. The Morgan fingerprint density at radius 3 is 2.50 bits per heavy atom. The summed E-state index contributed by atoms with van der Waals surface area (Å²) in [5.41, 5.74) is 2.16. The van der Waals surface area contributed by atoms with Crippen molar-refractivity contribution >= 4 is 35.6 Å². The van der Waals surface area contributed by atoms with E-state index in [0.717, 1.165) is 16.0 Å². The lowest BCUT2D eigenvalue weighted by Crippen LogP contribution is -2.54. The average Bonchev–Trinajstić information content (AvgIpc) is 2.74. The lowest BCUT2D eigenvalue weighted by Gasteiger charge is -2.28. The zero-order valence-corrected chi connectivity index (χ0v) is 17.9. The van der Waals surface area contributed by atoms with Crippen LogP contribution in [0.4, 0.5) is 10.5 Å². The first-order valence-electron chi connectivity index (χ1n) is 9.67. The number of amides is 4. The van der Waals surface area contributed by atoms with Crippen molar-refractivity contribution in [1.82, 2.24) is 5.32 Å². The molecule has 0 saturated carbocycles. The predicted molar refractivity (Wildman–Crippen MR) is 113 cm³/mol. The number of carbonyl (C=O) groups is 4. The van der Waals surface area contributed by atoms with Crippen LogP contribution in [0.25, 0.3) is 6.08 Å². The smallest absolute Gasteiger partial charge is 0.335 e. The summed E-state index contributed by atoms with van der Waals surface area (Å²) in [6.07, 6.45) is 0.104. The van der Waals surface area contributed by atoms with E-state index in [1.54, 1.807) is 19.1 Å². The van der Waals surface area contributed by atoms with Crippen LogP contribution in [-0.2, 0) is 14.4 Å². The molecule has 0 radical (unpaired) electrons. The monoisotopic (exact) mass is 437 g/mol. The van der Waals surface area contributed by atoms with Crippen LogP contribution in [-0.4, -0.2) is 37.0 Å². The lowest BCUT2D eigenvalue weighted by atomic mass is 10.0. The van der Waals surface area contributed by atoms with Crippen LogP contribution in [0.5, 0.6) is 11.5 Å². The number of methoxy groups -OCH3 is 1. The normalized spacial score (nSPS) is 16.1. The summed E-state index contributed by atoms with van der Waals surface area (Å²) in [6, 6.07) is 8.81. The predicted octanol–water partition coefficient (Wildman–Crippen LogP) is 1.50. The maximum atomic E-state index is 13.1. The number of aryl methyl sites for hydroxylation is 1. The molecule has 9 heteroatoms. The molecule has 1 saturated heterocycles. The van der Waals surface area contributed by atoms with Gasteiger partial charge in [-0.2, -0.15) is 0 Å². The van der Waals surface area contributed by atoms with Crippen molar-refractivity contribution in [3.05, 3.63) is 58.7 Å². The molecule has 1 aliphatic heterocycles. The Morgan fingerprint density at radius 1 is 1.12 bits per heavy atom. The molecule has 166 valence electrons. The van der Waals surface area contributed by atoms with Gasteiger partial charge in [0.05, 0.1) is 18.8 Å². The Balaban J connectivity index is 1.99. The number of carboxylic acid groups (broad SMARTS) is 1. The highest BCUT2D eigenvalue weighted by atomic mass is 16.5. The van der Waals surface area contributed by atoms with Crippen LogP contribution in [0.1, 0.15) is 23.6 Å². The van der Waals surface area contributed by atoms with Crippen LogP contribution < -0.4 is 24.8 Å². The lowest BCUT2D eigenvalue weighted by molar-refractivity contribution is -0.312. The van der Waals surface area contributed by atoms with E-state index in [1.807, 2.05) is 13.0 Å². The number of urea groups is 1. The van der Waals surface area contributed by atoms with Gasteiger partial charge in [-0.25, -0.2) is 9.69 Å². The summed E-state index contributed by atoms with van der Waals surface area (Å²) in [5.74, 6) is -2.64. The van der Waals surface area contributed by atoms with Gasteiger partial charge in [-0.05, 0) is 61.7 Å². The molecule has 1 fully saturated rings. The highest BCUT2D eigenvalue weighted by Gasteiger charge is 2.37. The summed E-state index contributed by atoms with van der Waals surface area (Å²) < 4.78 is 10.5. The van der Waals surface area contributed by atoms with E-state index in [0.29, 0.717) is 11.3 Å². The Morgan fingerprint density at radius 2 is 1.84 bits per heavy atom. The maximum Gasteiger partial charge on any atom is 0.335 e. The Labute approximate surface area is 184 Å². The van der Waals surface area contributed by atoms with Crippen molar-refractivity contribution in [3.63, 3.8) is 0 Å². The Kier molecular flexibility index (Phi) is 6.29. The van der Waals surface area contributed by atoms with E-state index in [1.165, 1.54) is 38.3 Å². The molecule has 1 heterocycles. The van der Waals surface area contributed by atoms with Crippen molar-refractivity contribution in [2.24, 2.45) is 0 Å². The van der Waals surface area contributed by atoms with Gasteiger partial charge in [-0.3, -0.25) is 14.9 Å². The Hall–Kier alpha value is -4.14. The molecule has 2 aromatic rings. The minimum atomic E-state index is -1.39. The third kappa shape index (κ3) is 4.31. The molecule has 3 rings (SSSR count). The van der Waals surface area contributed by atoms with Crippen molar-refractivity contribution < 1.29 is 33.8 Å². The van der Waals surface area contributed by atoms with E-state index in [4.69, 9.17) is 9.47 Å².